The van der Waals surface area contributed by atoms with E-state index in [9.17, 15) is 9.00 Å². The molecule has 1 N–H and O–H groups in total. The molecule has 0 saturated heterocycles. The predicted octanol–water partition coefficient (Wildman–Crippen LogP) is 4.22. The molecule has 1 heterocycles. The van der Waals surface area contributed by atoms with Crippen LogP contribution in [0.4, 0.5) is 0 Å². The summed E-state index contributed by atoms with van der Waals surface area (Å²) in [4.78, 5) is 16.5. The van der Waals surface area contributed by atoms with E-state index in [0.29, 0.717) is 28.9 Å². The lowest BCUT2D eigenvalue weighted by Crippen LogP contribution is -2.30. The summed E-state index contributed by atoms with van der Waals surface area (Å²) in [6.07, 6.45) is 0.742. The molecule has 0 unspecified atom stereocenters. The molecule has 1 amide bonds. The Hall–Kier alpha value is -2.44. The zero-order valence-corrected chi connectivity index (χ0v) is 18.0. The van der Waals surface area contributed by atoms with Gasteiger partial charge in [0.25, 0.3) is 0 Å². The SMILES string of the molecule is Cc1ccc(CCNC(=O)C[S@](=O)Cc2nc(-c3ccc(Cl)cc3)oc2C)cc1. The van der Waals surface area contributed by atoms with Crippen LogP contribution in [-0.4, -0.2) is 27.4 Å². The average molecular weight is 431 g/mol. The normalized spacial score (nSPS) is 12.0. The first-order chi connectivity index (χ1) is 13.9. The largest absolute Gasteiger partial charge is 0.441 e. The third kappa shape index (κ3) is 6.27. The molecule has 0 aliphatic rings. The summed E-state index contributed by atoms with van der Waals surface area (Å²) >= 11 is 5.90. The van der Waals surface area contributed by atoms with Gasteiger partial charge in [-0.3, -0.25) is 9.00 Å². The van der Waals surface area contributed by atoms with Crippen molar-refractivity contribution in [1.29, 1.82) is 0 Å². The van der Waals surface area contributed by atoms with Crippen LogP contribution >= 0.6 is 11.6 Å². The van der Waals surface area contributed by atoms with Crippen LogP contribution in [0.2, 0.25) is 5.02 Å². The maximum absolute atomic E-state index is 12.4. The predicted molar refractivity (Wildman–Crippen MR) is 116 cm³/mol. The fourth-order valence-electron chi connectivity index (χ4n) is 2.78. The van der Waals surface area contributed by atoms with Crippen molar-refractivity contribution in [3.63, 3.8) is 0 Å². The molecule has 7 heteroatoms. The van der Waals surface area contributed by atoms with Gasteiger partial charge in [0.1, 0.15) is 11.5 Å². The van der Waals surface area contributed by atoms with E-state index in [4.69, 9.17) is 16.0 Å². The molecule has 2 aromatic carbocycles. The summed E-state index contributed by atoms with van der Waals surface area (Å²) in [7, 11) is -1.36. The zero-order valence-electron chi connectivity index (χ0n) is 16.4. The minimum absolute atomic E-state index is 0.0591. The molecule has 1 atom stereocenters. The Bertz CT molecular complexity index is 998. The standard InChI is InChI=1S/C22H23ClN2O3S/c1-15-3-5-17(6-4-15)11-12-24-21(26)14-29(27)13-20-16(2)28-22(25-20)18-7-9-19(23)10-8-18/h3-10H,11-14H2,1-2H3,(H,24,26)/t29-/m1/s1. The van der Waals surface area contributed by atoms with Crippen molar-refractivity contribution in [3.8, 4) is 11.5 Å². The van der Waals surface area contributed by atoms with E-state index in [0.717, 1.165) is 17.5 Å². The van der Waals surface area contributed by atoms with Gasteiger partial charge >= 0.3 is 0 Å². The first kappa shape index (κ1) is 21.3. The van der Waals surface area contributed by atoms with Gasteiger partial charge in [-0.15, -0.1) is 0 Å². The number of carbonyl (C=O) groups is 1. The van der Waals surface area contributed by atoms with Crippen molar-refractivity contribution < 1.29 is 13.4 Å². The van der Waals surface area contributed by atoms with Crippen LogP contribution < -0.4 is 5.32 Å². The van der Waals surface area contributed by atoms with Crippen molar-refractivity contribution in [2.75, 3.05) is 12.3 Å². The first-order valence-electron chi connectivity index (χ1n) is 9.30. The number of hydrogen-bond acceptors (Lipinski definition) is 4. The Morgan fingerprint density at radius 2 is 1.79 bits per heavy atom. The smallest absolute Gasteiger partial charge is 0.232 e. The van der Waals surface area contributed by atoms with Gasteiger partial charge in [0.15, 0.2) is 0 Å². The van der Waals surface area contributed by atoms with E-state index in [-0.39, 0.29) is 17.4 Å². The van der Waals surface area contributed by atoms with Gasteiger partial charge in [0, 0.05) is 27.9 Å². The van der Waals surface area contributed by atoms with Crippen LogP contribution in [0.25, 0.3) is 11.5 Å². The summed E-state index contributed by atoms with van der Waals surface area (Å²) < 4.78 is 18.1. The molecule has 29 heavy (non-hydrogen) atoms. The fraction of sp³-hybridized carbons (Fsp3) is 0.273. The van der Waals surface area contributed by atoms with E-state index in [1.165, 1.54) is 5.56 Å². The number of halogens is 1. The number of benzene rings is 2. The van der Waals surface area contributed by atoms with Crippen LogP contribution in [0, 0.1) is 13.8 Å². The van der Waals surface area contributed by atoms with Crippen molar-refractivity contribution in [1.82, 2.24) is 10.3 Å². The van der Waals surface area contributed by atoms with Crippen LogP contribution in [0.5, 0.6) is 0 Å². The molecule has 0 bridgehead atoms. The van der Waals surface area contributed by atoms with Crippen LogP contribution in [-0.2, 0) is 27.8 Å². The molecule has 152 valence electrons. The molecule has 0 saturated carbocycles. The average Bonchev–Trinajstić information content (AvgIpc) is 3.04. The lowest BCUT2D eigenvalue weighted by molar-refractivity contribution is -0.118. The minimum Gasteiger partial charge on any atom is -0.441 e. The molecule has 0 radical (unpaired) electrons. The van der Waals surface area contributed by atoms with E-state index >= 15 is 0 Å². The molecule has 0 spiro atoms. The Labute approximate surface area is 178 Å². The summed E-state index contributed by atoms with van der Waals surface area (Å²) in [5, 5.41) is 3.46. The second-order valence-corrected chi connectivity index (χ2v) is 8.74. The van der Waals surface area contributed by atoms with Gasteiger partial charge in [0.05, 0.1) is 11.4 Å². The summed E-state index contributed by atoms with van der Waals surface area (Å²) in [6, 6.07) is 15.3. The molecular formula is C22H23ClN2O3S. The van der Waals surface area contributed by atoms with E-state index in [1.807, 2.05) is 43.3 Å². The Morgan fingerprint density at radius 1 is 1.10 bits per heavy atom. The van der Waals surface area contributed by atoms with Gasteiger partial charge in [0.2, 0.25) is 11.8 Å². The van der Waals surface area contributed by atoms with E-state index in [2.05, 4.69) is 10.3 Å². The lowest BCUT2D eigenvalue weighted by atomic mass is 10.1. The van der Waals surface area contributed by atoms with Gasteiger partial charge < -0.3 is 9.73 Å². The number of amides is 1. The zero-order chi connectivity index (χ0) is 20.8. The molecule has 0 aliphatic heterocycles. The van der Waals surface area contributed by atoms with Crippen LogP contribution in [0.1, 0.15) is 22.6 Å². The number of nitrogens with zero attached hydrogens (tertiary/aromatic N) is 1. The molecular weight excluding hydrogens is 408 g/mol. The first-order valence-corrected chi connectivity index (χ1v) is 11.2. The van der Waals surface area contributed by atoms with Crippen LogP contribution in [0.15, 0.2) is 52.9 Å². The van der Waals surface area contributed by atoms with Crippen molar-refractivity contribution in [3.05, 3.63) is 76.1 Å². The highest BCUT2D eigenvalue weighted by atomic mass is 35.5. The Kier molecular flexibility index (Phi) is 7.23. The highest BCUT2D eigenvalue weighted by Gasteiger charge is 2.16. The Balaban J connectivity index is 1.49. The minimum atomic E-state index is -1.36. The number of aromatic nitrogens is 1. The van der Waals surface area contributed by atoms with E-state index in [1.54, 1.807) is 19.1 Å². The molecule has 0 aliphatic carbocycles. The lowest BCUT2D eigenvalue weighted by Gasteiger charge is -2.05. The fourth-order valence-corrected chi connectivity index (χ4v) is 3.97. The molecule has 0 fully saturated rings. The van der Waals surface area contributed by atoms with Crippen LogP contribution in [0.3, 0.4) is 0 Å². The van der Waals surface area contributed by atoms with Crippen molar-refractivity contribution in [2.24, 2.45) is 0 Å². The van der Waals surface area contributed by atoms with Gasteiger partial charge in [-0.05, 0) is 50.1 Å². The maximum atomic E-state index is 12.4. The third-order valence-corrected chi connectivity index (χ3v) is 5.86. The van der Waals surface area contributed by atoms with Gasteiger partial charge in [-0.25, -0.2) is 4.98 Å². The second-order valence-electron chi connectivity index (χ2n) is 6.84. The van der Waals surface area contributed by atoms with Gasteiger partial charge in [-0.2, -0.15) is 0 Å². The summed E-state index contributed by atoms with van der Waals surface area (Å²) in [6.45, 7) is 4.33. The van der Waals surface area contributed by atoms with Crippen molar-refractivity contribution >= 4 is 28.3 Å². The summed E-state index contributed by atoms with van der Waals surface area (Å²) in [5.41, 5.74) is 3.75. The van der Waals surface area contributed by atoms with Crippen molar-refractivity contribution in [2.45, 2.75) is 26.0 Å². The maximum Gasteiger partial charge on any atom is 0.232 e. The Morgan fingerprint density at radius 3 is 2.48 bits per heavy atom. The highest BCUT2D eigenvalue weighted by Crippen LogP contribution is 2.24. The molecule has 1 aromatic heterocycles. The van der Waals surface area contributed by atoms with E-state index < -0.39 is 10.8 Å². The second kappa shape index (κ2) is 9.85. The number of nitrogens with one attached hydrogen (secondary N) is 1. The quantitative estimate of drug-likeness (QED) is 0.580. The number of carbonyl (C=O) groups excluding carboxylic acids is 1. The molecule has 3 aromatic rings. The van der Waals surface area contributed by atoms with Gasteiger partial charge in [-0.1, -0.05) is 41.4 Å². The third-order valence-electron chi connectivity index (χ3n) is 4.43. The number of hydrogen-bond donors (Lipinski definition) is 1. The molecule has 3 rings (SSSR count). The number of aryl methyl sites for hydroxylation is 2. The number of oxazole rings is 1. The highest BCUT2D eigenvalue weighted by molar-refractivity contribution is 7.84. The topological polar surface area (TPSA) is 72.2 Å². The monoisotopic (exact) mass is 430 g/mol. The molecule has 5 nitrogen and oxygen atoms in total. The number of rotatable bonds is 8. The summed E-state index contributed by atoms with van der Waals surface area (Å²) in [5.74, 6) is 0.941.